The Bertz CT molecular complexity index is 740. The molecule has 0 aliphatic carbocycles. The summed E-state index contributed by atoms with van der Waals surface area (Å²) >= 11 is 0. The maximum atomic E-state index is 2.30. The van der Waals surface area contributed by atoms with Crippen LogP contribution in [0.3, 0.4) is 0 Å². The number of hydrogen-bond acceptors (Lipinski definition) is 0. The van der Waals surface area contributed by atoms with Crippen LogP contribution in [0.5, 0.6) is 0 Å². The van der Waals surface area contributed by atoms with Gasteiger partial charge < -0.3 is 0 Å². The first-order valence-electron chi connectivity index (χ1n) is 8.04. The molecule has 0 saturated heterocycles. The molecule has 0 aliphatic heterocycles. The van der Waals surface area contributed by atoms with Crippen molar-refractivity contribution in [1.29, 1.82) is 0 Å². The van der Waals surface area contributed by atoms with E-state index in [9.17, 15) is 0 Å². The molecular weight excluding hydrogens is 264 g/mol. The van der Waals surface area contributed by atoms with Gasteiger partial charge in [0, 0.05) is 0 Å². The van der Waals surface area contributed by atoms with Gasteiger partial charge in [-0.05, 0) is 46.7 Å². The van der Waals surface area contributed by atoms with E-state index in [-0.39, 0.29) is 0 Å². The smallest absolute Gasteiger partial charge is 0.00734 e. The zero-order valence-electron chi connectivity index (χ0n) is 13.3. The van der Waals surface area contributed by atoms with Crippen LogP contribution >= 0.6 is 0 Å². The molecule has 0 heteroatoms. The van der Waals surface area contributed by atoms with Crippen LogP contribution in [-0.2, 0) is 6.42 Å². The summed E-state index contributed by atoms with van der Waals surface area (Å²) in [5.74, 6) is 0. The highest BCUT2D eigenvalue weighted by molar-refractivity contribution is 5.86. The first-order valence-corrected chi connectivity index (χ1v) is 8.04. The predicted molar refractivity (Wildman–Crippen MR) is 96.0 cm³/mol. The fourth-order valence-corrected chi connectivity index (χ4v) is 3.13. The summed E-state index contributed by atoms with van der Waals surface area (Å²) in [6.45, 7) is 4.51. The van der Waals surface area contributed by atoms with E-state index in [0.717, 1.165) is 6.42 Å². The number of benzene rings is 3. The zero-order chi connectivity index (χ0) is 15.4. The normalized spacial score (nSPS) is 10.6. The van der Waals surface area contributed by atoms with Gasteiger partial charge in [-0.1, -0.05) is 86.1 Å². The summed E-state index contributed by atoms with van der Waals surface area (Å²) in [5, 5.41) is 0. The highest BCUT2D eigenvalue weighted by atomic mass is 14.2. The fraction of sp³-hybridized carbons (Fsp3) is 0.182. The lowest BCUT2D eigenvalue weighted by Gasteiger charge is -2.17. The molecule has 22 heavy (non-hydrogen) atoms. The molecule has 0 aromatic heterocycles. The molecule has 0 amide bonds. The maximum Gasteiger partial charge on any atom is -0.00734 e. The van der Waals surface area contributed by atoms with Crippen molar-refractivity contribution in [3.05, 3.63) is 83.9 Å². The van der Waals surface area contributed by atoms with Crippen LogP contribution < -0.4 is 0 Å². The van der Waals surface area contributed by atoms with Gasteiger partial charge in [0.2, 0.25) is 0 Å². The van der Waals surface area contributed by atoms with E-state index in [1.165, 1.54) is 39.8 Å². The minimum Gasteiger partial charge on any atom is -0.0651 e. The lowest BCUT2D eigenvalue weighted by Crippen LogP contribution is -1.95. The molecule has 3 rings (SSSR count). The van der Waals surface area contributed by atoms with Gasteiger partial charge in [-0.25, -0.2) is 0 Å². The number of rotatable bonds is 4. The van der Waals surface area contributed by atoms with Crippen LogP contribution in [-0.4, -0.2) is 0 Å². The molecule has 0 N–H and O–H groups in total. The van der Waals surface area contributed by atoms with Crippen LogP contribution in [0.4, 0.5) is 0 Å². The topological polar surface area (TPSA) is 0 Å². The molecule has 0 saturated carbocycles. The summed E-state index contributed by atoms with van der Waals surface area (Å²) in [6, 6.07) is 26.0. The minimum absolute atomic E-state index is 1.14. The number of hydrogen-bond donors (Lipinski definition) is 0. The molecule has 0 bridgehead atoms. The van der Waals surface area contributed by atoms with E-state index in [4.69, 9.17) is 0 Å². The zero-order valence-corrected chi connectivity index (χ0v) is 13.3. The molecule has 0 aliphatic rings. The van der Waals surface area contributed by atoms with Crippen LogP contribution in [0, 0.1) is 6.92 Å². The summed E-state index contributed by atoms with van der Waals surface area (Å²) in [4.78, 5) is 0. The van der Waals surface area contributed by atoms with Gasteiger partial charge in [0.15, 0.2) is 0 Å². The molecule has 0 atom stereocenters. The third-order valence-electron chi connectivity index (χ3n) is 4.24. The van der Waals surface area contributed by atoms with E-state index in [2.05, 4.69) is 86.6 Å². The predicted octanol–water partition coefficient (Wildman–Crippen LogP) is 6.28. The quantitative estimate of drug-likeness (QED) is 0.529. The van der Waals surface area contributed by atoms with Crippen molar-refractivity contribution in [3.8, 4) is 22.3 Å². The first-order chi connectivity index (χ1) is 10.8. The van der Waals surface area contributed by atoms with Crippen molar-refractivity contribution in [2.24, 2.45) is 0 Å². The molecule has 3 aromatic rings. The van der Waals surface area contributed by atoms with E-state index >= 15 is 0 Å². The molecule has 110 valence electrons. The van der Waals surface area contributed by atoms with E-state index in [1.54, 1.807) is 0 Å². The van der Waals surface area contributed by atoms with Crippen molar-refractivity contribution in [1.82, 2.24) is 0 Å². The molecular formula is C22H22. The summed E-state index contributed by atoms with van der Waals surface area (Å²) in [7, 11) is 0. The van der Waals surface area contributed by atoms with Gasteiger partial charge in [-0.2, -0.15) is 0 Å². The Hall–Kier alpha value is -2.34. The first kappa shape index (κ1) is 14.6. The third kappa shape index (κ3) is 2.82. The largest absolute Gasteiger partial charge is 0.0651 e. The second-order valence-electron chi connectivity index (χ2n) is 5.75. The van der Waals surface area contributed by atoms with Crippen molar-refractivity contribution >= 4 is 0 Å². The molecule has 3 aromatic carbocycles. The van der Waals surface area contributed by atoms with Gasteiger partial charge >= 0.3 is 0 Å². The lowest BCUT2D eigenvalue weighted by molar-refractivity contribution is 0.913. The average Bonchev–Trinajstić information content (AvgIpc) is 2.58. The van der Waals surface area contributed by atoms with Crippen molar-refractivity contribution in [2.45, 2.75) is 26.7 Å². The Balaban J connectivity index is 2.24. The molecule has 0 radical (unpaired) electrons. The second kappa shape index (κ2) is 6.62. The molecule has 0 spiro atoms. The van der Waals surface area contributed by atoms with Crippen LogP contribution in [0.1, 0.15) is 24.5 Å². The van der Waals surface area contributed by atoms with Crippen LogP contribution in [0.25, 0.3) is 22.3 Å². The minimum atomic E-state index is 1.14. The SMILES string of the molecule is CCCc1ccc(-c2ccccc2)c(-c2ccccc2)c1C. The molecule has 0 nitrogen and oxygen atoms in total. The maximum absolute atomic E-state index is 2.30. The standard InChI is InChI=1S/C22H22/c1-3-10-18-15-16-21(19-11-6-4-7-12-19)22(17(18)2)20-13-8-5-9-14-20/h4-9,11-16H,3,10H2,1-2H3. The monoisotopic (exact) mass is 286 g/mol. The Morgan fingerprint density at radius 1 is 0.682 bits per heavy atom. The lowest BCUT2D eigenvalue weighted by atomic mass is 9.87. The molecule has 0 fully saturated rings. The Kier molecular flexibility index (Phi) is 4.39. The van der Waals surface area contributed by atoms with Crippen molar-refractivity contribution in [2.75, 3.05) is 0 Å². The van der Waals surface area contributed by atoms with Gasteiger partial charge in [0.1, 0.15) is 0 Å². The number of aryl methyl sites for hydroxylation is 1. The van der Waals surface area contributed by atoms with Crippen LogP contribution in [0.2, 0.25) is 0 Å². The summed E-state index contributed by atoms with van der Waals surface area (Å²) < 4.78 is 0. The summed E-state index contributed by atoms with van der Waals surface area (Å²) in [5.41, 5.74) is 8.15. The Morgan fingerprint density at radius 3 is 1.86 bits per heavy atom. The van der Waals surface area contributed by atoms with E-state index in [0.29, 0.717) is 0 Å². The molecule has 0 unspecified atom stereocenters. The van der Waals surface area contributed by atoms with E-state index in [1.807, 2.05) is 0 Å². The highest BCUT2D eigenvalue weighted by Gasteiger charge is 2.12. The van der Waals surface area contributed by atoms with Gasteiger partial charge in [0.25, 0.3) is 0 Å². The van der Waals surface area contributed by atoms with Gasteiger partial charge in [-0.3, -0.25) is 0 Å². The Morgan fingerprint density at radius 2 is 1.27 bits per heavy atom. The average molecular weight is 286 g/mol. The van der Waals surface area contributed by atoms with Crippen LogP contribution in [0.15, 0.2) is 72.8 Å². The van der Waals surface area contributed by atoms with Gasteiger partial charge in [-0.15, -0.1) is 0 Å². The van der Waals surface area contributed by atoms with Crippen molar-refractivity contribution < 1.29 is 0 Å². The Labute approximate surface area is 133 Å². The second-order valence-corrected chi connectivity index (χ2v) is 5.75. The fourth-order valence-electron chi connectivity index (χ4n) is 3.13. The third-order valence-corrected chi connectivity index (χ3v) is 4.24. The van der Waals surface area contributed by atoms with Crippen molar-refractivity contribution in [3.63, 3.8) is 0 Å². The van der Waals surface area contributed by atoms with E-state index < -0.39 is 0 Å². The highest BCUT2D eigenvalue weighted by Crippen LogP contribution is 2.36. The summed E-state index contributed by atoms with van der Waals surface area (Å²) in [6.07, 6.45) is 2.32. The van der Waals surface area contributed by atoms with Gasteiger partial charge in [0.05, 0.1) is 0 Å². The molecule has 0 heterocycles.